The number of hydrogen-bond acceptors (Lipinski definition) is 0. The molecule has 4 aromatic carbocycles. The molecule has 0 saturated heterocycles. The zero-order chi connectivity index (χ0) is 30.1. The molecule has 1 aliphatic rings. The molecule has 0 spiro atoms. The van der Waals surface area contributed by atoms with Gasteiger partial charge in [-0.15, -0.1) is 0 Å². The largest absolute Gasteiger partial charge is 0.0619 e. The summed E-state index contributed by atoms with van der Waals surface area (Å²) in [5.41, 5.74) is 17.2. The molecule has 0 nitrogen and oxygen atoms in total. The normalized spacial score (nSPS) is 13.8. The van der Waals surface area contributed by atoms with Crippen LogP contribution in [0, 0.1) is 0 Å². The minimum Gasteiger partial charge on any atom is -0.0619 e. The Balaban J connectivity index is 1.77. The molecule has 0 unspecified atom stereocenters. The topological polar surface area (TPSA) is 0 Å². The van der Waals surface area contributed by atoms with E-state index < -0.39 is 0 Å². The third-order valence-corrected chi connectivity index (χ3v) is 8.82. The van der Waals surface area contributed by atoms with Crippen LogP contribution in [-0.2, 0) is 28.1 Å². The second-order valence-electron chi connectivity index (χ2n) is 16.4. The van der Waals surface area contributed by atoms with Gasteiger partial charge in [0, 0.05) is 0 Å². The van der Waals surface area contributed by atoms with Crippen LogP contribution in [0.5, 0.6) is 0 Å². The molecule has 0 bridgehead atoms. The molecule has 0 N–H and O–H groups in total. The van der Waals surface area contributed by atoms with E-state index in [0.717, 1.165) is 6.42 Å². The van der Waals surface area contributed by atoms with Gasteiger partial charge in [-0.3, -0.25) is 0 Å². The van der Waals surface area contributed by atoms with Gasteiger partial charge in [-0.2, -0.15) is 0 Å². The van der Waals surface area contributed by atoms with E-state index in [1.165, 1.54) is 66.8 Å². The summed E-state index contributed by atoms with van der Waals surface area (Å²) in [4.78, 5) is 0. The zero-order valence-corrected chi connectivity index (χ0v) is 27.6. The molecule has 0 fully saturated rings. The second kappa shape index (κ2) is 9.72. The van der Waals surface area contributed by atoms with Crippen LogP contribution in [-0.4, -0.2) is 0 Å². The van der Waals surface area contributed by atoms with Gasteiger partial charge in [-0.05, 0) is 119 Å². The lowest BCUT2D eigenvalue weighted by Crippen LogP contribution is -2.17. The smallest absolute Gasteiger partial charge is 0.00130 e. The van der Waals surface area contributed by atoms with E-state index >= 15 is 0 Å². The third kappa shape index (κ3) is 5.43. The van der Waals surface area contributed by atoms with Crippen LogP contribution in [0.25, 0.3) is 33.4 Å². The Hall–Kier alpha value is -3.12. The van der Waals surface area contributed by atoms with Crippen LogP contribution >= 0.6 is 0 Å². The second-order valence-corrected chi connectivity index (χ2v) is 16.4. The van der Waals surface area contributed by atoms with Gasteiger partial charge in [0.2, 0.25) is 0 Å². The van der Waals surface area contributed by atoms with Gasteiger partial charge in [-0.1, -0.05) is 132 Å². The fraction of sp³-hybridized carbons (Fsp3) is 0.415. The molecular weight excluding hydrogens is 492 g/mol. The van der Waals surface area contributed by atoms with Crippen molar-refractivity contribution in [1.29, 1.82) is 0 Å². The minimum absolute atomic E-state index is 0.0244. The summed E-state index contributed by atoms with van der Waals surface area (Å²) in [6.07, 6.45) is 0.981. The molecule has 5 rings (SSSR count). The molecular formula is C41H50. The van der Waals surface area contributed by atoms with Crippen molar-refractivity contribution in [1.82, 2.24) is 0 Å². The van der Waals surface area contributed by atoms with E-state index in [-0.39, 0.29) is 21.7 Å². The van der Waals surface area contributed by atoms with E-state index in [0.29, 0.717) is 0 Å². The van der Waals surface area contributed by atoms with Gasteiger partial charge in [0.1, 0.15) is 0 Å². The van der Waals surface area contributed by atoms with Gasteiger partial charge in [0.25, 0.3) is 0 Å². The highest BCUT2D eigenvalue weighted by atomic mass is 14.4. The number of rotatable bonds is 2. The highest BCUT2D eigenvalue weighted by molar-refractivity contribution is 5.87. The lowest BCUT2D eigenvalue weighted by molar-refractivity contribution is 0.584. The van der Waals surface area contributed by atoms with Crippen LogP contribution < -0.4 is 0 Å². The van der Waals surface area contributed by atoms with E-state index in [1.54, 1.807) is 0 Å². The van der Waals surface area contributed by atoms with Crippen molar-refractivity contribution in [3.05, 3.63) is 106 Å². The quantitative estimate of drug-likeness (QED) is 0.208. The zero-order valence-electron chi connectivity index (χ0n) is 27.6. The maximum absolute atomic E-state index is 2.53. The first kappa shape index (κ1) is 29.4. The average molecular weight is 543 g/mol. The van der Waals surface area contributed by atoms with Gasteiger partial charge in [0.05, 0.1) is 0 Å². The van der Waals surface area contributed by atoms with Crippen molar-refractivity contribution in [2.24, 2.45) is 0 Å². The van der Waals surface area contributed by atoms with E-state index in [9.17, 15) is 0 Å². The summed E-state index contributed by atoms with van der Waals surface area (Å²) < 4.78 is 0. The molecule has 0 atom stereocenters. The van der Waals surface area contributed by atoms with Crippen molar-refractivity contribution >= 4 is 0 Å². The number of fused-ring (bicyclic) bond motifs is 3. The first-order valence-electron chi connectivity index (χ1n) is 15.4. The predicted octanol–water partition coefficient (Wildman–Crippen LogP) is 11.8. The Morgan fingerprint density at radius 2 is 0.659 bits per heavy atom. The lowest BCUT2D eigenvalue weighted by atomic mass is 9.75. The molecule has 0 heterocycles. The third-order valence-electron chi connectivity index (χ3n) is 8.82. The SMILES string of the molecule is CC(C)(C)c1ccccc1-c1cc2c(cc1C(C)(C)C)-c1cc(C(C)(C)C)c(-c3ccccc3C(C)(C)C)cc1C2. The monoisotopic (exact) mass is 542 g/mol. The standard InChI is InChI=1S/C41H50/c1-38(2,3)34-19-15-13-17-28(34)32-22-26-21-27-23-33(29-18-14-16-20-35(29)39(4,5)6)37(41(10,11)12)25-31(27)30(26)24-36(32)40(7,8)9/h13-20,22-25H,21H2,1-12H3. The molecule has 0 aliphatic heterocycles. The molecule has 0 radical (unpaired) electrons. The van der Waals surface area contributed by atoms with Crippen LogP contribution in [0.1, 0.15) is 116 Å². The van der Waals surface area contributed by atoms with Crippen LogP contribution in [0.4, 0.5) is 0 Å². The van der Waals surface area contributed by atoms with E-state index in [4.69, 9.17) is 0 Å². The first-order valence-corrected chi connectivity index (χ1v) is 15.4. The maximum atomic E-state index is 2.53. The molecule has 0 aromatic heterocycles. The Morgan fingerprint density at radius 1 is 0.341 bits per heavy atom. The highest BCUT2D eigenvalue weighted by Crippen LogP contribution is 2.49. The summed E-state index contributed by atoms with van der Waals surface area (Å²) in [7, 11) is 0. The average Bonchev–Trinajstić information content (AvgIpc) is 3.22. The van der Waals surface area contributed by atoms with E-state index in [1.807, 2.05) is 0 Å². The van der Waals surface area contributed by atoms with Crippen molar-refractivity contribution in [3.63, 3.8) is 0 Å². The lowest BCUT2D eigenvalue weighted by Gasteiger charge is -2.29. The number of hydrogen-bond donors (Lipinski definition) is 0. The Bertz CT molecular complexity index is 1490. The van der Waals surface area contributed by atoms with Gasteiger partial charge < -0.3 is 0 Å². The Morgan fingerprint density at radius 3 is 0.976 bits per heavy atom. The Labute approximate surface area is 250 Å². The van der Waals surface area contributed by atoms with E-state index in [2.05, 4.69) is 156 Å². The molecule has 214 valence electrons. The first-order chi connectivity index (χ1) is 18.9. The van der Waals surface area contributed by atoms with Crippen LogP contribution in [0.3, 0.4) is 0 Å². The Kier molecular flexibility index (Phi) is 6.97. The molecule has 4 aromatic rings. The predicted molar refractivity (Wildman–Crippen MR) is 180 cm³/mol. The fourth-order valence-electron chi connectivity index (χ4n) is 6.72. The molecule has 0 saturated carbocycles. The number of benzene rings is 4. The van der Waals surface area contributed by atoms with Crippen molar-refractivity contribution in [3.8, 4) is 33.4 Å². The molecule has 41 heavy (non-hydrogen) atoms. The van der Waals surface area contributed by atoms with Gasteiger partial charge in [0.15, 0.2) is 0 Å². The van der Waals surface area contributed by atoms with Gasteiger partial charge in [-0.25, -0.2) is 0 Å². The summed E-state index contributed by atoms with van der Waals surface area (Å²) in [6, 6.07) is 28.2. The van der Waals surface area contributed by atoms with Gasteiger partial charge >= 0.3 is 0 Å². The molecule has 1 aliphatic carbocycles. The van der Waals surface area contributed by atoms with Crippen LogP contribution in [0.2, 0.25) is 0 Å². The summed E-state index contributed by atoms with van der Waals surface area (Å²) in [5, 5.41) is 0. The fourth-order valence-corrected chi connectivity index (χ4v) is 6.72. The van der Waals surface area contributed by atoms with Crippen molar-refractivity contribution in [2.75, 3.05) is 0 Å². The summed E-state index contributed by atoms with van der Waals surface area (Å²) >= 11 is 0. The minimum atomic E-state index is 0.0244. The van der Waals surface area contributed by atoms with Crippen LogP contribution in [0.15, 0.2) is 72.8 Å². The molecule has 0 amide bonds. The highest BCUT2D eigenvalue weighted by Gasteiger charge is 2.31. The molecule has 0 heteroatoms. The summed E-state index contributed by atoms with van der Waals surface area (Å²) in [6.45, 7) is 28.2. The van der Waals surface area contributed by atoms with Crippen molar-refractivity contribution in [2.45, 2.75) is 111 Å². The van der Waals surface area contributed by atoms with Crippen molar-refractivity contribution < 1.29 is 0 Å². The summed E-state index contributed by atoms with van der Waals surface area (Å²) in [5.74, 6) is 0. The maximum Gasteiger partial charge on any atom is -0.00130 e.